The highest BCUT2D eigenvalue weighted by atomic mass is 19.4. The average Bonchev–Trinajstić information content (AvgIpc) is 2.44. The fourth-order valence-corrected chi connectivity index (χ4v) is 1.37. The number of carbonyl (C=O) groups excluding carboxylic acids is 1. The quantitative estimate of drug-likeness (QED) is 0.463. The minimum atomic E-state index is -7.95. The van der Waals surface area contributed by atoms with Crippen LogP contribution in [0.4, 0.5) is 57.1 Å². The number of halogens is 13. The molecule has 0 radical (unpaired) electrons. The Morgan fingerprint density at radius 3 is 1.48 bits per heavy atom. The Kier molecular flexibility index (Phi) is 6.77. The van der Waals surface area contributed by atoms with E-state index < -0.39 is 60.8 Å². The van der Waals surface area contributed by atoms with Crippen LogP contribution < -0.4 is 5.73 Å². The van der Waals surface area contributed by atoms with Gasteiger partial charge >= 0.3 is 41.8 Å². The summed E-state index contributed by atoms with van der Waals surface area (Å²) < 4.78 is 170. The minimum Gasteiger partial charge on any atom is -0.464 e. The van der Waals surface area contributed by atoms with Crippen LogP contribution >= 0.6 is 0 Å². The van der Waals surface area contributed by atoms with Gasteiger partial charge < -0.3 is 10.5 Å². The molecule has 27 heavy (non-hydrogen) atoms. The first-order chi connectivity index (χ1) is 11.6. The number of alkyl halides is 13. The van der Waals surface area contributed by atoms with E-state index in [1.165, 1.54) is 0 Å². The second-order valence-electron chi connectivity index (χ2n) is 5.21. The molecule has 0 saturated heterocycles. The zero-order valence-corrected chi connectivity index (χ0v) is 12.8. The Labute approximate surface area is 141 Å². The third kappa shape index (κ3) is 4.18. The Balaban J connectivity index is 5.77. The van der Waals surface area contributed by atoms with Crippen molar-refractivity contribution in [1.29, 1.82) is 0 Å². The predicted molar refractivity (Wildman–Crippen MR) is 60.0 cm³/mol. The van der Waals surface area contributed by atoms with Crippen LogP contribution in [0.5, 0.6) is 0 Å². The molecule has 1 atom stereocenters. The lowest BCUT2D eigenvalue weighted by Crippen LogP contribution is -2.70. The van der Waals surface area contributed by atoms with Gasteiger partial charge in [0, 0.05) is 0 Å². The number of esters is 1. The molecule has 0 aliphatic rings. The first kappa shape index (κ1) is 25.5. The summed E-state index contributed by atoms with van der Waals surface area (Å²) in [5.41, 5.74) is 4.87. The van der Waals surface area contributed by atoms with E-state index in [2.05, 4.69) is 4.74 Å². The number of ether oxygens (including phenoxy) is 1. The summed E-state index contributed by atoms with van der Waals surface area (Å²) in [5.74, 6) is -38.8. The van der Waals surface area contributed by atoms with Gasteiger partial charge in [-0.3, -0.25) is 4.79 Å². The molecule has 0 aliphatic heterocycles. The molecule has 0 rings (SSSR count). The summed E-state index contributed by atoms with van der Waals surface area (Å²) in [6.45, 7) is -0.886. The molecule has 0 aliphatic carbocycles. The van der Waals surface area contributed by atoms with Crippen molar-refractivity contribution in [3.63, 3.8) is 0 Å². The smallest absolute Gasteiger partial charge is 0.460 e. The third-order valence-electron chi connectivity index (χ3n) is 3.03. The molecule has 16 heteroatoms. The van der Waals surface area contributed by atoms with E-state index in [9.17, 15) is 61.9 Å². The fraction of sp³-hybridized carbons (Fsp3) is 0.909. The van der Waals surface area contributed by atoms with E-state index in [-0.39, 0.29) is 0 Å². The molecule has 0 amide bonds. The fourth-order valence-electron chi connectivity index (χ4n) is 1.37. The van der Waals surface area contributed by atoms with Crippen molar-refractivity contribution in [3.05, 3.63) is 0 Å². The van der Waals surface area contributed by atoms with E-state index in [1.54, 1.807) is 0 Å². The van der Waals surface area contributed by atoms with E-state index in [1.807, 2.05) is 0 Å². The highest BCUT2D eigenvalue weighted by Gasteiger charge is 2.90. The lowest BCUT2D eigenvalue weighted by atomic mass is 9.93. The Bertz CT molecular complexity index is 541. The summed E-state index contributed by atoms with van der Waals surface area (Å²) in [6, 6.07) is -1.49. The second kappa shape index (κ2) is 7.16. The monoisotopic (exact) mass is 435 g/mol. The Morgan fingerprint density at radius 1 is 0.778 bits per heavy atom. The van der Waals surface area contributed by atoms with Gasteiger partial charge in [-0.2, -0.15) is 57.1 Å². The highest BCUT2D eigenvalue weighted by molar-refractivity contribution is 5.74. The minimum absolute atomic E-state index is 0.920. The summed E-state index contributed by atoms with van der Waals surface area (Å²) in [7, 11) is 0. The van der Waals surface area contributed by atoms with Crippen LogP contribution in [0, 0.1) is 0 Å². The zero-order valence-electron chi connectivity index (χ0n) is 12.8. The maximum Gasteiger partial charge on any atom is 0.460 e. The van der Waals surface area contributed by atoms with Gasteiger partial charge in [0.05, 0.1) is 13.0 Å². The summed E-state index contributed by atoms with van der Waals surface area (Å²) in [5, 5.41) is 0. The standard InChI is InChI=1S/C11H10F13NO2/c1-4(25)5(26)27-3-2-6(12,13)7(14,15)8(16,17)9(18,19)10(20,21)11(22,23)24/h4H,2-3,25H2,1H3/t4-/m0/s1. The zero-order chi connectivity index (χ0) is 22.3. The molecule has 0 aromatic heterocycles. The van der Waals surface area contributed by atoms with Crippen LogP contribution in [0.1, 0.15) is 13.3 Å². The van der Waals surface area contributed by atoms with Crippen LogP contribution in [-0.4, -0.2) is 54.4 Å². The van der Waals surface area contributed by atoms with Gasteiger partial charge in [-0.1, -0.05) is 0 Å². The van der Waals surface area contributed by atoms with Crippen molar-refractivity contribution in [2.45, 2.75) is 55.2 Å². The molecule has 0 aromatic rings. The number of rotatable bonds is 8. The van der Waals surface area contributed by atoms with E-state index >= 15 is 0 Å². The highest BCUT2D eigenvalue weighted by Crippen LogP contribution is 2.60. The molecule has 0 bridgehead atoms. The second-order valence-corrected chi connectivity index (χ2v) is 5.21. The maximum absolute atomic E-state index is 13.3. The van der Waals surface area contributed by atoms with Crippen LogP contribution in [-0.2, 0) is 9.53 Å². The summed E-state index contributed by atoms with van der Waals surface area (Å²) in [6.07, 6.45) is -10.1. The van der Waals surface area contributed by atoms with Gasteiger partial charge in [-0.25, -0.2) is 0 Å². The molecule has 2 N–H and O–H groups in total. The van der Waals surface area contributed by atoms with Gasteiger partial charge in [0.2, 0.25) is 0 Å². The lowest BCUT2D eigenvalue weighted by molar-refractivity contribution is -0.440. The van der Waals surface area contributed by atoms with Crippen molar-refractivity contribution in [3.8, 4) is 0 Å². The van der Waals surface area contributed by atoms with E-state index in [0.29, 0.717) is 0 Å². The molecule has 0 aromatic carbocycles. The Hall–Kier alpha value is -1.48. The number of nitrogens with two attached hydrogens (primary N) is 1. The van der Waals surface area contributed by atoms with Gasteiger partial charge in [0.15, 0.2) is 0 Å². The molecule has 0 heterocycles. The predicted octanol–water partition coefficient (Wildman–Crippen LogP) is 4.01. The van der Waals surface area contributed by atoms with Crippen molar-refractivity contribution in [1.82, 2.24) is 0 Å². The van der Waals surface area contributed by atoms with Gasteiger partial charge in [0.25, 0.3) is 0 Å². The molecular weight excluding hydrogens is 425 g/mol. The van der Waals surface area contributed by atoms with E-state index in [0.717, 1.165) is 6.92 Å². The van der Waals surface area contributed by atoms with Crippen LogP contribution in [0.25, 0.3) is 0 Å². The SMILES string of the molecule is C[C@H](N)C(=O)OCCC(F)(F)C(F)(F)C(F)(F)C(F)(F)C(F)(F)C(F)(F)F. The first-order valence-corrected chi connectivity index (χ1v) is 6.46. The topological polar surface area (TPSA) is 52.3 Å². The van der Waals surface area contributed by atoms with Crippen molar-refractivity contribution in [2.24, 2.45) is 5.73 Å². The van der Waals surface area contributed by atoms with Crippen molar-refractivity contribution < 1.29 is 66.6 Å². The van der Waals surface area contributed by atoms with Crippen LogP contribution in [0.15, 0.2) is 0 Å². The number of carbonyl (C=O) groups is 1. The molecule has 3 nitrogen and oxygen atoms in total. The largest absolute Gasteiger partial charge is 0.464 e. The number of hydrogen-bond acceptors (Lipinski definition) is 3. The van der Waals surface area contributed by atoms with Crippen LogP contribution in [0.2, 0.25) is 0 Å². The molecule has 162 valence electrons. The third-order valence-corrected chi connectivity index (χ3v) is 3.03. The van der Waals surface area contributed by atoms with Gasteiger partial charge in [0.1, 0.15) is 6.04 Å². The summed E-state index contributed by atoms with van der Waals surface area (Å²) in [4.78, 5) is 10.8. The average molecular weight is 435 g/mol. The first-order valence-electron chi connectivity index (χ1n) is 6.46. The van der Waals surface area contributed by atoms with E-state index in [4.69, 9.17) is 5.73 Å². The summed E-state index contributed by atoms with van der Waals surface area (Å²) >= 11 is 0. The molecule has 0 unspecified atom stereocenters. The van der Waals surface area contributed by atoms with Crippen molar-refractivity contribution in [2.75, 3.05) is 6.61 Å². The molecule has 0 spiro atoms. The van der Waals surface area contributed by atoms with Crippen molar-refractivity contribution >= 4 is 5.97 Å². The normalized spacial score (nSPS) is 16.3. The number of hydrogen-bond donors (Lipinski definition) is 1. The maximum atomic E-state index is 13.3. The molecule has 0 fully saturated rings. The molecular formula is C11H10F13NO2. The van der Waals surface area contributed by atoms with Gasteiger partial charge in [-0.15, -0.1) is 0 Å². The van der Waals surface area contributed by atoms with Gasteiger partial charge in [-0.05, 0) is 6.92 Å². The lowest BCUT2D eigenvalue weighted by Gasteiger charge is -2.39. The van der Waals surface area contributed by atoms with Crippen LogP contribution in [0.3, 0.4) is 0 Å². The molecule has 0 saturated carbocycles. The Morgan fingerprint density at radius 2 is 1.15 bits per heavy atom.